The van der Waals surface area contributed by atoms with Gasteiger partial charge in [-0.05, 0) is 31.6 Å². The van der Waals surface area contributed by atoms with Crippen molar-refractivity contribution >= 4 is 11.9 Å². The summed E-state index contributed by atoms with van der Waals surface area (Å²) in [6, 6.07) is 0.264. The van der Waals surface area contributed by atoms with Crippen LogP contribution < -0.4 is 0 Å². The van der Waals surface area contributed by atoms with Crippen molar-refractivity contribution in [3.8, 4) is 0 Å². The van der Waals surface area contributed by atoms with Crippen LogP contribution in [0.25, 0.3) is 0 Å². The average molecular weight is 239 g/mol. The quantitative estimate of drug-likeness (QED) is 0.686. The Morgan fingerprint density at radius 3 is 2.35 bits per heavy atom. The maximum absolute atomic E-state index is 12.2. The van der Waals surface area contributed by atoms with Gasteiger partial charge in [0.05, 0.1) is 7.11 Å². The van der Waals surface area contributed by atoms with Gasteiger partial charge in [-0.2, -0.15) is 0 Å². The lowest BCUT2D eigenvalue weighted by atomic mass is 10.1. The minimum absolute atomic E-state index is 0.132. The molecule has 0 atom stereocenters. The molecule has 2 saturated carbocycles. The number of carbonyl (C=O) groups excluding carboxylic acids is 2. The van der Waals surface area contributed by atoms with Crippen LogP contribution in [0.3, 0.4) is 0 Å². The van der Waals surface area contributed by atoms with Crippen LogP contribution in [0, 0.1) is 5.92 Å². The van der Waals surface area contributed by atoms with Gasteiger partial charge < -0.3 is 9.64 Å². The summed E-state index contributed by atoms with van der Waals surface area (Å²) in [5.41, 5.74) is 0. The Hall–Kier alpha value is -1.06. The average Bonchev–Trinajstić information content (AvgIpc) is 2.97. The van der Waals surface area contributed by atoms with Crippen molar-refractivity contribution in [3.63, 3.8) is 0 Å². The number of ether oxygens (including phenoxy) is 1. The molecule has 0 saturated heterocycles. The number of hydrogen-bond donors (Lipinski definition) is 0. The summed E-state index contributed by atoms with van der Waals surface area (Å²) in [6.07, 6.45) is 7.36. The van der Waals surface area contributed by atoms with E-state index in [4.69, 9.17) is 0 Å². The molecule has 0 aliphatic heterocycles. The standard InChI is InChI=1S/C13H21NO3/c1-17-13(16)9-14(11-4-2-3-5-11)12(15)8-10-6-7-10/h10-11H,2-9H2,1H3. The lowest BCUT2D eigenvalue weighted by Gasteiger charge is -2.28. The largest absolute Gasteiger partial charge is 0.468 e. The molecule has 0 unspecified atom stereocenters. The number of carbonyl (C=O) groups is 2. The van der Waals surface area contributed by atoms with Crippen LogP contribution in [-0.4, -0.2) is 36.5 Å². The third-order valence-electron chi connectivity index (χ3n) is 3.77. The number of rotatable bonds is 5. The van der Waals surface area contributed by atoms with E-state index in [1.165, 1.54) is 32.8 Å². The third-order valence-corrected chi connectivity index (χ3v) is 3.77. The minimum Gasteiger partial charge on any atom is -0.468 e. The smallest absolute Gasteiger partial charge is 0.325 e. The van der Waals surface area contributed by atoms with Crippen LogP contribution in [0.15, 0.2) is 0 Å². The van der Waals surface area contributed by atoms with E-state index in [2.05, 4.69) is 4.74 Å². The molecule has 4 heteroatoms. The van der Waals surface area contributed by atoms with Gasteiger partial charge in [0.25, 0.3) is 0 Å². The fourth-order valence-electron chi connectivity index (χ4n) is 2.53. The summed E-state index contributed by atoms with van der Waals surface area (Å²) in [6.45, 7) is 0.132. The molecule has 0 aromatic carbocycles. The number of nitrogens with zero attached hydrogens (tertiary/aromatic N) is 1. The Balaban J connectivity index is 1.93. The lowest BCUT2D eigenvalue weighted by molar-refractivity contribution is -0.148. The number of hydrogen-bond acceptors (Lipinski definition) is 3. The Bertz CT molecular complexity index is 293. The summed E-state index contributed by atoms with van der Waals surface area (Å²) in [5, 5.41) is 0. The topological polar surface area (TPSA) is 46.6 Å². The molecule has 0 aromatic rings. The van der Waals surface area contributed by atoms with E-state index in [9.17, 15) is 9.59 Å². The zero-order valence-electron chi connectivity index (χ0n) is 10.5. The molecule has 0 heterocycles. The molecule has 1 amide bonds. The molecular weight excluding hydrogens is 218 g/mol. The molecule has 2 aliphatic carbocycles. The van der Waals surface area contributed by atoms with Crippen molar-refractivity contribution in [2.24, 2.45) is 5.92 Å². The summed E-state index contributed by atoms with van der Waals surface area (Å²) >= 11 is 0. The van der Waals surface area contributed by atoms with Crippen LogP contribution in [0.1, 0.15) is 44.9 Å². The molecule has 2 fully saturated rings. The summed E-state index contributed by atoms with van der Waals surface area (Å²) in [4.78, 5) is 25.3. The molecular formula is C13H21NO3. The van der Waals surface area contributed by atoms with Gasteiger partial charge in [-0.1, -0.05) is 12.8 Å². The van der Waals surface area contributed by atoms with Crippen molar-refractivity contribution in [1.82, 2.24) is 4.90 Å². The van der Waals surface area contributed by atoms with Gasteiger partial charge in [-0.3, -0.25) is 9.59 Å². The van der Waals surface area contributed by atoms with Crippen molar-refractivity contribution in [1.29, 1.82) is 0 Å². The van der Waals surface area contributed by atoms with E-state index in [0.717, 1.165) is 12.8 Å². The molecule has 0 bridgehead atoms. The van der Waals surface area contributed by atoms with E-state index in [1.807, 2.05) is 0 Å². The first-order valence-electron chi connectivity index (χ1n) is 6.57. The van der Waals surface area contributed by atoms with Crippen LogP contribution >= 0.6 is 0 Å². The Labute approximate surface area is 102 Å². The molecule has 4 nitrogen and oxygen atoms in total. The highest BCUT2D eigenvalue weighted by Crippen LogP contribution is 2.34. The number of amides is 1. The molecule has 0 N–H and O–H groups in total. The Morgan fingerprint density at radius 2 is 1.82 bits per heavy atom. The molecule has 2 rings (SSSR count). The van der Waals surface area contributed by atoms with E-state index in [0.29, 0.717) is 12.3 Å². The van der Waals surface area contributed by atoms with E-state index in [1.54, 1.807) is 4.90 Å². The monoisotopic (exact) mass is 239 g/mol. The highest BCUT2D eigenvalue weighted by Gasteiger charge is 2.32. The molecule has 2 aliphatic rings. The van der Waals surface area contributed by atoms with Crippen molar-refractivity contribution in [2.75, 3.05) is 13.7 Å². The van der Waals surface area contributed by atoms with Gasteiger partial charge in [0.15, 0.2) is 0 Å². The zero-order chi connectivity index (χ0) is 12.3. The van der Waals surface area contributed by atoms with Crippen LogP contribution in [-0.2, 0) is 14.3 Å². The SMILES string of the molecule is COC(=O)CN(C(=O)CC1CC1)C1CCCC1. The van der Waals surface area contributed by atoms with Gasteiger partial charge in [0, 0.05) is 12.5 Å². The lowest BCUT2D eigenvalue weighted by Crippen LogP contribution is -2.42. The highest BCUT2D eigenvalue weighted by molar-refractivity contribution is 5.82. The van der Waals surface area contributed by atoms with E-state index < -0.39 is 0 Å². The van der Waals surface area contributed by atoms with Crippen molar-refractivity contribution in [3.05, 3.63) is 0 Å². The second kappa shape index (κ2) is 5.52. The second-order valence-electron chi connectivity index (χ2n) is 5.18. The van der Waals surface area contributed by atoms with Crippen LogP contribution in [0.5, 0.6) is 0 Å². The summed E-state index contributed by atoms with van der Waals surface area (Å²) in [5.74, 6) is 0.412. The number of esters is 1. The normalized spacial score (nSPS) is 20.3. The van der Waals surface area contributed by atoms with E-state index >= 15 is 0 Å². The van der Waals surface area contributed by atoms with Gasteiger partial charge in [-0.25, -0.2) is 0 Å². The molecule has 0 radical (unpaired) electrons. The van der Waals surface area contributed by atoms with Crippen LogP contribution in [0.2, 0.25) is 0 Å². The Morgan fingerprint density at radius 1 is 1.18 bits per heavy atom. The summed E-state index contributed by atoms with van der Waals surface area (Å²) < 4.78 is 4.68. The van der Waals surface area contributed by atoms with E-state index in [-0.39, 0.29) is 24.5 Å². The fraction of sp³-hybridized carbons (Fsp3) is 0.846. The van der Waals surface area contributed by atoms with Gasteiger partial charge in [0.1, 0.15) is 6.54 Å². The van der Waals surface area contributed by atoms with Gasteiger partial charge >= 0.3 is 5.97 Å². The molecule has 0 spiro atoms. The third kappa shape index (κ3) is 3.45. The first kappa shape index (κ1) is 12.4. The predicted octanol–water partition coefficient (Wildman–Crippen LogP) is 1.73. The second-order valence-corrected chi connectivity index (χ2v) is 5.18. The minimum atomic E-state index is -0.305. The predicted molar refractivity (Wildman–Crippen MR) is 63.3 cm³/mol. The maximum atomic E-state index is 12.2. The van der Waals surface area contributed by atoms with Crippen LogP contribution in [0.4, 0.5) is 0 Å². The highest BCUT2D eigenvalue weighted by atomic mass is 16.5. The molecule has 96 valence electrons. The Kier molecular flexibility index (Phi) is 4.02. The first-order valence-corrected chi connectivity index (χ1v) is 6.57. The van der Waals surface area contributed by atoms with Gasteiger partial charge in [-0.15, -0.1) is 0 Å². The maximum Gasteiger partial charge on any atom is 0.325 e. The zero-order valence-corrected chi connectivity index (χ0v) is 10.5. The van der Waals surface area contributed by atoms with Crippen molar-refractivity contribution < 1.29 is 14.3 Å². The summed E-state index contributed by atoms with van der Waals surface area (Å²) in [7, 11) is 1.38. The number of methoxy groups -OCH3 is 1. The molecule has 17 heavy (non-hydrogen) atoms. The van der Waals surface area contributed by atoms with Gasteiger partial charge in [0.2, 0.25) is 5.91 Å². The van der Waals surface area contributed by atoms with Crippen molar-refractivity contribution in [2.45, 2.75) is 51.0 Å². The fourth-order valence-corrected chi connectivity index (χ4v) is 2.53. The molecule has 0 aromatic heterocycles. The first-order chi connectivity index (χ1) is 8.20.